The fourth-order valence-electron chi connectivity index (χ4n) is 5.24. The Labute approximate surface area is 241 Å². The van der Waals surface area contributed by atoms with Crippen molar-refractivity contribution in [3.63, 3.8) is 0 Å². The first kappa shape index (κ1) is 27.3. The van der Waals surface area contributed by atoms with Crippen LogP contribution in [-0.2, 0) is 21.4 Å². The number of aromatic amines is 1. The molecule has 2 N–H and O–H groups in total. The number of hydrogen-bond donors (Lipinski definition) is 2. The molecule has 5 heterocycles. The van der Waals surface area contributed by atoms with Crippen molar-refractivity contribution in [2.24, 2.45) is 0 Å². The number of rotatable bonds is 9. The van der Waals surface area contributed by atoms with Crippen LogP contribution in [0.4, 0.5) is 0 Å². The number of carbonyl (C=O) groups excluding carboxylic acids is 1. The van der Waals surface area contributed by atoms with Gasteiger partial charge in [-0.3, -0.25) is 9.78 Å². The molecular formula is C28H27N9O4S. The number of hydrogen-bond acceptors (Lipinski definition) is 9. The highest BCUT2D eigenvalue weighted by Gasteiger charge is 2.34. The van der Waals surface area contributed by atoms with Crippen molar-refractivity contribution in [2.45, 2.75) is 42.7 Å². The third kappa shape index (κ3) is 5.52. The number of piperidine rings is 1. The summed E-state index contributed by atoms with van der Waals surface area (Å²) >= 11 is 0. The predicted octanol–water partition coefficient (Wildman–Crippen LogP) is 2.82. The minimum absolute atomic E-state index is 0.0497. The van der Waals surface area contributed by atoms with E-state index in [1.54, 1.807) is 70.8 Å². The van der Waals surface area contributed by atoms with Crippen LogP contribution in [0.25, 0.3) is 22.4 Å². The first-order valence-electron chi connectivity index (χ1n) is 13.5. The number of nitriles is 1. The molecule has 1 atom stereocenters. The molecule has 0 bridgehead atoms. The van der Waals surface area contributed by atoms with Gasteiger partial charge in [0.2, 0.25) is 27.6 Å². The molecule has 1 saturated heterocycles. The van der Waals surface area contributed by atoms with Crippen molar-refractivity contribution in [3.8, 4) is 17.6 Å². The number of fused-ring (bicyclic) bond motifs is 1. The summed E-state index contributed by atoms with van der Waals surface area (Å²) in [6.45, 7) is 1.07. The largest absolute Gasteiger partial charge is 0.361 e. The topological polar surface area (TPSA) is 176 Å². The smallest absolute Gasteiger partial charge is 0.241 e. The summed E-state index contributed by atoms with van der Waals surface area (Å²) in [4.78, 5) is 31.3. The summed E-state index contributed by atoms with van der Waals surface area (Å²) < 4.78 is 37.0. The van der Waals surface area contributed by atoms with Gasteiger partial charge in [-0.1, -0.05) is 11.2 Å². The third-order valence-corrected chi connectivity index (χ3v) is 8.96. The van der Waals surface area contributed by atoms with Crippen LogP contribution in [-0.4, -0.2) is 68.0 Å². The molecule has 1 unspecified atom stereocenters. The number of nitrogens with zero attached hydrogens (tertiary/aromatic N) is 7. The lowest BCUT2D eigenvalue weighted by Gasteiger charge is -2.33. The predicted molar refractivity (Wildman–Crippen MR) is 150 cm³/mol. The Morgan fingerprint density at radius 3 is 2.83 bits per heavy atom. The van der Waals surface area contributed by atoms with Crippen molar-refractivity contribution >= 4 is 26.8 Å². The van der Waals surface area contributed by atoms with E-state index in [9.17, 15) is 18.5 Å². The van der Waals surface area contributed by atoms with Crippen molar-refractivity contribution in [3.05, 3.63) is 79.0 Å². The van der Waals surface area contributed by atoms with Crippen LogP contribution in [0.3, 0.4) is 0 Å². The molecule has 14 heteroatoms. The molecule has 1 amide bonds. The summed E-state index contributed by atoms with van der Waals surface area (Å²) in [5.74, 6) is 0.447. The van der Waals surface area contributed by atoms with Gasteiger partial charge >= 0.3 is 0 Å². The van der Waals surface area contributed by atoms with Gasteiger partial charge in [-0.15, -0.1) is 0 Å². The molecule has 214 valence electrons. The van der Waals surface area contributed by atoms with Crippen LogP contribution in [0.2, 0.25) is 0 Å². The zero-order valence-corrected chi connectivity index (χ0v) is 23.2. The fourth-order valence-corrected chi connectivity index (χ4v) is 6.69. The summed E-state index contributed by atoms with van der Waals surface area (Å²) in [6, 6.07) is 11.1. The van der Waals surface area contributed by atoms with Crippen LogP contribution in [0.15, 0.2) is 76.8 Å². The Morgan fingerprint density at radius 2 is 2.05 bits per heavy atom. The van der Waals surface area contributed by atoms with Gasteiger partial charge < -0.3 is 19.0 Å². The van der Waals surface area contributed by atoms with Crippen LogP contribution in [0.5, 0.6) is 0 Å². The van der Waals surface area contributed by atoms with Crippen LogP contribution >= 0.6 is 0 Å². The number of aryl methyl sites for hydroxylation is 1. The minimum atomic E-state index is -4.06. The van der Waals surface area contributed by atoms with Crippen molar-refractivity contribution in [2.75, 3.05) is 13.1 Å². The summed E-state index contributed by atoms with van der Waals surface area (Å²) in [5, 5.41) is 14.0. The molecule has 1 aromatic carbocycles. The van der Waals surface area contributed by atoms with Gasteiger partial charge in [0.05, 0.1) is 11.1 Å². The lowest BCUT2D eigenvalue weighted by molar-refractivity contribution is -0.134. The van der Waals surface area contributed by atoms with E-state index in [2.05, 4.69) is 35.9 Å². The molecule has 1 aliphatic rings. The van der Waals surface area contributed by atoms with Gasteiger partial charge in [0.15, 0.2) is 0 Å². The molecule has 0 aliphatic carbocycles. The zero-order valence-electron chi connectivity index (χ0n) is 22.4. The number of amides is 1. The highest BCUT2D eigenvalue weighted by molar-refractivity contribution is 7.89. The molecule has 0 radical (unpaired) electrons. The zero-order chi connectivity index (χ0) is 29.1. The number of likely N-dealkylation sites (tertiary alicyclic amines) is 1. The second-order valence-corrected chi connectivity index (χ2v) is 11.7. The molecule has 0 saturated carbocycles. The molecule has 4 aromatic heterocycles. The number of sulfonamides is 1. The van der Waals surface area contributed by atoms with Crippen molar-refractivity contribution < 1.29 is 17.7 Å². The lowest BCUT2D eigenvalue weighted by Crippen LogP contribution is -2.50. The maximum absolute atomic E-state index is 13.8. The number of carbonyl (C=O) groups is 1. The van der Waals surface area contributed by atoms with Gasteiger partial charge in [0.25, 0.3) is 0 Å². The van der Waals surface area contributed by atoms with Crippen molar-refractivity contribution in [1.29, 1.82) is 5.26 Å². The van der Waals surface area contributed by atoms with E-state index >= 15 is 0 Å². The molecule has 42 heavy (non-hydrogen) atoms. The molecule has 1 fully saturated rings. The Morgan fingerprint density at radius 1 is 1.19 bits per heavy atom. The Bertz CT molecular complexity index is 1850. The highest BCUT2D eigenvalue weighted by Crippen LogP contribution is 2.29. The minimum Gasteiger partial charge on any atom is -0.361 e. The maximum Gasteiger partial charge on any atom is 0.241 e. The highest BCUT2D eigenvalue weighted by atomic mass is 32.2. The molecular weight excluding hydrogens is 558 g/mol. The van der Waals surface area contributed by atoms with Crippen LogP contribution < -0.4 is 4.72 Å². The van der Waals surface area contributed by atoms with Gasteiger partial charge in [-0.2, -0.15) is 15.0 Å². The van der Waals surface area contributed by atoms with E-state index in [1.165, 1.54) is 6.07 Å². The van der Waals surface area contributed by atoms with Gasteiger partial charge in [-0.05, 0) is 49.6 Å². The van der Waals surface area contributed by atoms with E-state index in [0.29, 0.717) is 59.9 Å². The number of benzene rings is 1. The first-order chi connectivity index (χ1) is 20.4. The molecule has 1 aliphatic heterocycles. The monoisotopic (exact) mass is 585 g/mol. The summed E-state index contributed by atoms with van der Waals surface area (Å²) in [6.07, 6.45) is 9.39. The SMILES string of the molecule is N#Cc1cccn1CCC(NS(=O)(=O)c1cccc2[nH]ccc12)C(=O)N1CCC(c2nc(-c3cnccn3)no2)CC1. The molecule has 6 rings (SSSR count). The van der Waals surface area contributed by atoms with Gasteiger partial charge in [-0.25, -0.2) is 13.4 Å². The molecule has 13 nitrogen and oxygen atoms in total. The van der Waals surface area contributed by atoms with E-state index in [-0.39, 0.29) is 29.7 Å². The Kier molecular flexibility index (Phi) is 7.51. The third-order valence-electron chi connectivity index (χ3n) is 7.43. The van der Waals surface area contributed by atoms with Gasteiger partial charge in [0.1, 0.15) is 23.5 Å². The number of aromatic nitrogens is 6. The van der Waals surface area contributed by atoms with E-state index in [4.69, 9.17) is 4.52 Å². The second kappa shape index (κ2) is 11.6. The van der Waals surface area contributed by atoms with Gasteiger partial charge in [0, 0.05) is 61.2 Å². The quantitative estimate of drug-likeness (QED) is 0.263. The number of H-pyrrole nitrogens is 1. The normalized spacial score (nSPS) is 15.1. The van der Waals surface area contributed by atoms with Crippen molar-refractivity contribution in [1.82, 2.24) is 39.3 Å². The first-order valence-corrected chi connectivity index (χ1v) is 14.9. The fraction of sp³-hybridized carbons (Fsp3) is 0.286. The lowest BCUT2D eigenvalue weighted by atomic mass is 9.96. The summed E-state index contributed by atoms with van der Waals surface area (Å²) in [5.41, 5.74) is 1.62. The van der Waals surface area contributed by atoms with E-state index < -0.39 is 16.1 Å². The second-order valence-electron chi connectivity index (χ2n) is 10.0. The van der Waals surface area contributed by atoms with Crippen LogP contribution in [0, 0.1) is 11.3 Å². The maximum atomic E-state index is 13.8. The molecule has 0 spiro atoms. The summed E-state index contributed by atoms with van der Waals surface area (Å²) in [7, 11) is -4.06. The Balaban J connectivity index is 1.18. The van der Waals surface area contributed by atoms with E-state index in [1.807, 2.05) is 0 Å². The van der Waals surface area contributed by atoms with Crippen LogP contribution in [0.1, 0.15) is 36.8 Å². The standard InChI is InChI=1S/C28H27N9O4S/c29-17-20-3-2-13-36(20)16-9-23(35-42(39,40)25-5-1-4-22-21(25)6-10-31-22)28(38)37-14-7-19(8-15-37)27-33-26(34-41-27)24-18-30-11-12-32-24/h1-6,10-13,18-19,23,31,35H,7-9,14-16H2. The molecule has 5 aromatic rings. The van der Waals surface area contributed by atoms with E-state index in [0.717, 1.165) is 0 Å². The Hall–Kier alpha value is -4.87. The average molecular weight is 586 g/mol. The average Bonchev–Trinajstić information content (AvgIpc) is 3.80. The number of nitrogens with one attached hydrogen (secondary N) is 2.